The van der Waals surface area contributed by atoms with E-state index in [-0.39, 0.29) is 0 Å². The lowest BCUT2D eigenvalue weighted by Gasteiger charge is -2.22. The van der Waals surface area contributed by atoms with Crippen LogP contribution in [0.2, 0.25) is 0 Å². The predicted octanol–water partition coefficient (Wildman–Crippen LogP) is 2.97. The van der Waals surface area contributed by atoms with Gasteiger partial charge in [-0.15, -0.1) is 0 Å². The van der Waals surface area contributed by atoms with Gasteiger partial charge in [0.25, 0.3) is 0 Å². The fraction of sp³-hybridized carbons (Fsp3) is 1.00. The Hall–Kier alpha value is -0.0800. The SMILES string of the molecule is CCC(C)OCCNCC1CCCCC1. The molecule has 1 atom stereocenters. The molecule has 0 aromatic rings. The monoisotopic (exact) mass is 213 g/mol. The van der Waals surface area contributed by atoms with Crippen molar-refractivity contribution in [2.45, 2.75) is 58.5 Å². The van der Waals surface area contributed by atoms with Crippen LogP contribution in [0.15, 0.2) is 0 Å². The molecule has 1 rings (SSSR count). The van der Waals surface area contributed by atoms with Crippen LogP contribution in [0.5, 0.6) is 0 Å². The summed E-state index contributed by atoms with van der Waals surface area (Å²) in [6.45, 7) is 7.38. The number of hydrogen-bond donors (Lipinski definition) is 1. The van der Waals surface area contributed by atoms with Gasteiger partial charge >= 0.3 is 0 Å². The fourth-order valence-electron chi connectivity index (χ4n) is 2.15. The molecule has 0 aromatic heterocycles. The maximum absolute atomic E-state index is 5.62. The zero-order chi connectivity index (χ0) is 10.9. The zero-order valence-corrected chi connectivity index (χ0v) is 10.4. The summed E-state index contributed by atoms with van der Waals surface area (Å²) < 4.78 is 5.62. The molecule has 1 aliphatic carbocycles. The summed E-state index contributed by atoms with van der Waals surface area (Å²) in [5, 5.41) is 3.51. The summed E-state index contributed by atoms with van der Waals surface area (Å²) in [7, 11) is 0. The summed E-state index contributed by atoms with van der Waals surface area (Å²) in [4.78, 5) is 0. The van der Waals surface area contributed by atoms with Gasteiger partial charge in [-0.2, -0.15) is 0 Å². The van der Waals surface area contributed by atoms with E-state index in [9.17, 15) is 0 Å². The first-order valence-corrected chi connectivity index (χ1v) is 6.65. The smallest absolute Gasteiger partial charge is 0.0594 e. The first-order chi connectivity index (χ1) is 7.33. The van der Waals surface area contributed by atoms with Crippen molar-refractivity contribution in [3.05, 3.63) is 0 Å². The van der Waals surface area contributed by atoms with E-state index < -0.39 is 0 Å². The summed E-state index contributed by atoms with van der Waals surface area (Å²) in [5.41, 5.74) is 0. The molecule has 0 aliphatic heterocycles. The van der Waals surface area contributed by atoms with Gasteiger partial charge in [0.05, 0.1) is 12.7 Å². The van der Waals surface area contributed by atoms with E-state index in [1.807, 2.05) is 0 Å². The Kier molecular flexibility index (Phi) is 7.03. The lowest BCUT2D eigenvalue weighted by molar-refractivity contribution is 0.0650. The molecule has 0 heterocycles. The molecule has 0 amide bonds. The molecular weight excluding hydrogens is 186 g/mol. The summed E-state index contributed by atoms with van der Waals surface area (Å²) in [6, 6.07) is 0. The molecule has 2 heteroatoms. The molecule has 2 nitrogen and oxygen atoms in total. The molecule has 0 saturated heterocycles. The summed E-state index contributed by atoms with van der Waals surface area (Å²) in [5.74, 6) is 0.933. The minimum absolute atomic E-state index is 0.418. The van der Waals surface area contributed by atoms with Crippen molar-refractivity contribution in [2.75, 3.05) is 19.7 Å². The molecular formula is C13H27NO. The van der Waals surface area contributed by atoms with Gasteiger partial charge in [0.1, 0.15) is 0 Å². The van der Waals surface area contributed by atoms with Crippen LogP contribution in [0, 0.1) is 5.92 Å². The van der Waals surface area contributed by atoms with E-state index in [0.29, 0.717) is 6.10 Å². The minimum atomic E-state index is 0.418. The van der Waals surface area contributed by atoms with Crippen LogP contribution in [-0.4, -0.2) is 25.8 Å². The number of rotatable bonds is 7. The molecule has 0 radical (unpaired) electrons. The lowest BCUT2D eigenvalue weighted by atomic mass is 9.89. The molecule has 1 aliphatic rings. The molecule has 0 spiro atoms. The van der Waals surface area contributed by atoms with E-state index in [1.165, 1.54) is 38.6 Å². The Morgan fingerprint density at radius 1 is 1.27 bits per heavy atom. The highest BCUT2D eigenvalue weighted by atomic mass is 16.5. The first-order valence-electron chi connectivity index (χ1n) is 6.65. The van der Waals surface area contributed by atoms with Crippen molar-refractivity contribution in [1.82, 2.24) is 5.32 Å². The Morgan fingerprint density at radius 3 is 2.67 bits per heavy atom. The average Bonchev–Trinajstić information content (AvgIpc) is 2.29. The van der Waals surface area contributed by atoms with Crippen LogP contribution in [0.1, 0.15) is 52.4 Å². The van der Waals surface area contributed by atoms with Crippen molar-refractivity contribution in [1.29, 1.82) is 0 Å². The van der Waals surface area contributed by atoms with Gasteiger partial charge in [-0.05, 0) is 38.6 Å². The average molecular weight is 213 g/mol. The third kappa shape index (κ3) is 6.16. The van der Waals surface area contributed by atoms with Crippen molar-refractivity contribution in [2.24, 2.45) is 5.92 Å². The van der Waals surface area contributed by atoms with E-state index in [0.717, 1.165) is 25.5 Å². The second-order valence-electron chi connectivity index (χ2n) is 4.80. The topological polar surface area (TPSA) is 21.3 Å². The Morgan fingerprint density at radius 2 is 2.00 bits per heavy atom. The van der Waals surface area contributed by atoms with Gasteiger partial charge in [0, 0.05) is 6.54 Å². The number of ether oxygens (including phenoxy) is 1. The highest BCUT2D eigenvalue weighted by molar-refractivity contribution is 4.67. The summed E-state index contributed by atoms with van der Waals surface area (Å²) in [6.07, 6.45) is 8.72. The quantitative estimate of drug-likeness (QED) is 0.656. The van der Waals surface area contributed by atoms with Gasteiger partial charge < -0.3 is 10.1 Å². The van der Waals surface area contributed by atoms with E-state index in [4.69, 9.17) is 4.74 Å². The van der Waals surface area contributed by atoms with Crippen molar-refractivity contribution < 1.29 is 4.74 Å². The van der Waals surface area contributed by atoms with Crippen LogP contribution in [0.4, 0.5) is 0 Å². The second kappa shape index (κ2) is 8.12. The minimum Gasteiger partial charge on any atom is -0.377 e. The van der Waals surface area contributed by atoms with Crippen LogP contribution in [0.3, 0.4) is 0 Å². The number of hydrogen-bond acceptors (Lipinski definition) is 2. The van der Waals surface area contributed by atoms with Crippen LogP contribution < -0.4 is 5.32 Å². The van der Waals surface area contributed by atoms with Crippen molar-refractivity contribution >= 4 is 0 Å². The maximum Gasteiger partial charge on any atom is 0.0594 e. The van der Waals surface area contributed by atoms with Crippen LogP contribution in [0.25, 0.3) is 0 Å². The van der Waals surface area contributed by atoms with E-state index >= 15 is 0 Å². The molecule has 1 N–H and O–H groups in total. The largest absolute Gasteiger partial charge is 0.377 e. The summed E-state index contributed by atoms with van der Waals surface area (Å²) >= 11 is 0. The molecule has 1 fully saturated rings. The first kappa shape index (κ1) is 13.0. The predicted molar refractivity (Wildman–Crippen MR) is 65.1 cm³/mol. The molecule has 0 aromatic carbocycles. The molecule has 1 saturated carbocycles. The second-order valence-corrected chi connectivity index (χ2v) is 4.80. The standard InChI is InChI=1S/C13H27NO/c1-3-12(2)15-10-9-14-11-13-7-5-4-6-8-13/h12-14H,3-11H2,1-2H3. The Labute approximate surface area is 94.8 Å². The van der Waals surface area contributed by atoms with Gasteiger partial charge in [-0.1, -0.05) is 26.2 Å². The van der Waals surface area contributed by atoms with Gasteiger partial charge in [-0.3, -0.25) is 0 Å². The van der Waals surface area contributed by atoms with Gasteiger partial charge in [0.2, 0.25) is 0 Å². The maximum atomic E-state index is 5.62. The van der Waals surface area contributed by atoms with Gasteiger partial charge in [-0.25, -0.2) is 0 Å². The molecule has 15 heavy (non-hydrogen) atoms. The lowest BCUT2D eigenvalue weighted by Crippen LogP contribution is -2.28. The highest BCUT2D eigenvalue weighted by Crippen LogP contribution is 2.22. The third-order valence-electron chi connectivity index (χ3n) is 3.41. The molecule has 0 bridgehead atoms. The molecule has 1 unspecified atom stereocenters. The fourth-order valence-corrected chi connectivity index (χ4v) is 2.15. The van der Waals surface area contributed by atoms with E-state index in [2.05, 4.69) is 19.2 Å². The van der Waals surface area contributed by atoms with Crippen molar-refractivity contribution in [3.8, 4) is 0 Å². The zero-order valence-electron chi connectivity index (χ0n) is 10.4. The molecule has 90 valence electrons. The van der Waals surface area contributed by atoms with E-state index in [1.54, 1.807) is 0 Å². The van der Waals surface area contributed by atoms with Crippen LogP contribution in [-0.2, 0) is 4.74 Å². The highest BCUT2D eigenvalue weighted by Gasteiger charge is 2.12. The Bertz CT molecular complexity index is 143. The third-order valence-corrected chi connectivity index (χ3v) is 3.41. The van der Waals surface area contributed by atoms with Gasteiger partial charge in [0.15, 0.2) is 0 Å². The Balaban J connectivity index is 1.87. The van der Waals surface area contributed by atoms with Crippen molar-refractivity contribution in [3.63, 3.8) is 0 Å². The normalized spacial score (nSPS) is 20.4. The number of nitrogens with one attached hydrogen (secondary N) is 1. The van der Waals surface area contributed by atoms with Crippen LogP contribution >= 0.6 is 0 Å².